The molecule has 0 aromatic carbocycles. The van der Waals surface area contributed by atoms with Crippen molar-refractivity contribution < 1.29 is 9.59 Å². The largest absolute Gasteiger partial charge is 0.343 e. The molecule has 116 valence electrons. The second kappa shape index (κ2) is 7.21. The minimum atomic E-state index is 0.0899. The quantitative estimate of drug-likeness (QED) is 0.769. The van der Waals surface area contributed by atoms with Gasteiger partial charge < -0.3 is 4.90 Å². The molecule has 1 fully saturated rings. The van der Waals surface area contributed by atoms with Gasteiger partial charge in [-0.05, 0) is 50.7 Å². The number of carbonyl (C=O) groups is 2. The van der Waals surface area contributed by atoms with Gasteiger partial charge in [0.2, 0.25) is 5.91 Å². The number of amides is 1. The zero-order valence-corrected chi connectivity index (χ0v) is 14.0. The lowest BCUT2D eigenvalue weighted by atomic mass is 9.86. The fourth-order valence-electron chi connectivity index (χ4n) is 2.94. The highest BCUT2D eigenvalue weighted by Gasteiger charge is 2.25. The molecule has 1 aromatic heterocycles. The number of nitrogens with zero attached hydrogens (tertiary/aromatic N) is 1. The highest BCUT2D eigenvalue weighted by molar-refractivity contribution is 7.14. The maximum Gasteiger partial charge on any atom is 0.223 e. The van der Waals surface area contributed by atoms with Gasteiger partial charge in [-0.3, -0.25) is 9.59 Å². The Morgan fingerprint density at radius 2 is 1.86 bits per heavy atom. The van der Waals surface area contributed by atoms with Crippen molar-refractivity contribution in [2.24, 2.45) is 5.92 Å². The van der Waals surface area contributed by atoms with Gasteiger partial charge in [0.15, 0.2) is 5.78 Å². The van der Waals surface area contributed by atoms with Gasteiger partial charge in [0.25, 0.3) is 0 Å². The Labute approximate surface area is 131 Å². The summed E-state index contributed by atoms with van der Waals surface area (Å²) in [4.78, 5) is 28.1. The summed E-state index contributed by atoms with van der Waals surface area (Å²) >= 11 is 1.51. The molecule has 1 saturated carbocycles. The molecule has 0 aliphatic heterocycles. The van der Waals surface area contributed by atoms with Crippen LogP contribution >= 0.6 is 11.3 Å². The van der Waals surface area contributed by atoms with Gasteiger partial charge in [-0.2, -0.15) is 0 Å². The van der Waals surface area contributed by atoms with E-state index in [1.165, 1.54) is 24.2 Å². The molecule has 1 aliphatic carbocycles. The van der Waals surface area contributed by atoms with Crippen molar-refractivity contribution in [3.8, 4) is 0 Å². The Morgan fingerprint density at radius 1 is 1.19 bits per heavy atom. The summed E-state index contributed by atoms with van der Waals surface area (Å²) < 4.78 is 0. The van der Waals surface area contributed by atoms with Gasteiger partial charge in [-0.1, -0.05) is 6.92 Å². The van der Waals surface area contributed by atoms with Crippen LogP contribution in [0.25, 0.3) is 0 Å². The van der Waals surface area contributed by atoms with E-state index >= 15 is 0 Å². The van der Waals surface area contributed by atoms with E-state index in [0.717, 1.165) is 28.5 Å². The van der Waals surface area contributed by atoms with Crippen LogP contribution in [0.15, 0.2) is 12.1 Å². The second-order valence-electron chi connectivity index (χ2n) is 6.25. The van der Waals surface area contributed by atoms with Crippen LogP contribution in [0.1, 0.15) is 60.0 Å². The van der Waals surface area contributed by atoms with Gasteiger partial charge in [-0.15, -0.1) is 11.3 Å². The van der Waals surface area contributed by atoms with Crippen LogP contribution in [0.2, 0.25) is 0 Å². The average Bonchev–Trinajstić information content (AvgIpc) is 2.91. The SMILES string of the molecule is Cc1ccc(C(=O)CCC(=O)N(C)C2CCC(C)CC2)s1. The molecule has 21 heavy (non-hydrogen) atoms. The van der Waals surface area contributed by atoms with E-state index in [9.17, 15) is 9.59 Å². The molecule has 0 saturated heterocycles. The van der Waals surface area contributed by atoms with E-state index in [-0.39, 0.29) is 11.7 Å². The maximum absolute atomic E-state index is 12.2. The number of rotatable bonds is 5. The van der Waals surface area contributed by atoms with Gasteiger partial charge >= 0.3 is 0 Å². The molecule has 0 atom stereocenters. The van der Waals surface area contributed by atoms with E-state index in [1.807, 2.05) is 31.0 Å². The monoisotopic (exact) mass is 307 g/mol. The average molecular weight is 307 g/mol. The highest BCUT2D eigenvalue weighted by atomic mass is 32.1. The van der Waals surface area contributed by atoms with Crippen molar-refractivity contribution >= 4 is 23.0 Å². The fourth-order valence-corrected chi connectivity index (χ4v) is 3.77. The summed E-state index contributed by atoms with van der Waals surface area (Å²) in [6.45, 7) is 4.27. The Morgan fingerprint density at radius 3 is 2.43 bits per heavy atom. The Bertz CT molecular complexity index is 501. The maximum atomic E-state index is 12.2. The summed E-state index contributed by atoms with van der Waals surface area (Å²) in [5, 5.41) is 0. The van der Waals surface area contributed by atoms with Crippen LogP contribution < -0.4 is 0 Å². The van der Waals surface area contributed by atoms with Crippen molar-refractivity contribution in [1.82, 2.24) is 4.90 Å². The molecule has 0 radical (unpaired) electrons. The lowest BCUT2D eigenvalue weighted by Crippen LogP contribution is -2.39. The lowest BCUT2D eigenvalue weighted by Gasteiger charge is -2.33. The first-order valence-electron chi connectivity index (χ1n) is 7.82. The first-order valence-corrected chi connectivity index (χ1v) is 8.64. The summed E-state index contributed by atoms with van der Waals surface area (Å²) in [5.74, 6) is 0.983. The molecule has 1 amide bonds. The van der Waals surface area contributed by atoms with E-state index in [0.29, 0.717) is 18.9 Å². The van der Waals surface area contributed by atoms with Crippen molar-refractivity contribution in [3.63, 3.8) is 0 Å². The zero-order valence-electron chi connectivity index (χ0n) is 13.2. The van der Waals surface area contributed by atoms with Crippen LogP contribution in [-0.2, 0) is 4.79 Å². The van der Waals surface area contributed by atoms with Crippen molar-refractivity contribution in [1.29, 1.82) is 0 Å². The predicted molar refractivity (Wildman–Crippen MR) is 86.8 cm³/mol. The van der Waals surface area contributed by atoms with Crippen molar-refractivity contribution in [2.45, 2.75) is 58.4 Å². The van der Waals surface area contributed by atoms with Crippen LogP contribution in [0, 0.1) is 12.8 Å². The molecule has 0 bridgehead atoms. The fraction of sp³-hybridized carbons (Fsp3) is 0.647. The molecule has 0 spiro atoms. The molecule has 1 aliphatic rings. The lowest BCUT2D eigenvalue weighted by molar-refractivity contribution is -0.132. The second-order valence-corrected chi connectivity index (χ2v) is 7.54. The first-order chi connectivity index (χ1) is 9.97. The van der Waals surface area contributed by atoms with E-state index in [2.05, 4.69) is 6.92 Å². The first kappa shape index (κ1) is 16.2. The molecule has 1 heterocycles. The van der Waals surface area contributed by atoms with Crippen LogP contribution in [-0.4, -0.2) is 29.7 Å². The Balaban J connectivity index is 1.80. The van der Waals surface area contributed by atoms with Crippen LogP contribution in [0.5, 0.6) is 0 Å². The summed E-state index contributed by atoms with van der Waals surface area (Å²) in [6.07, 6.45) is 5.26. The molecule has 3 nitrogen and oxygen atoms in total. The minimum Gasteiger partial charge on any atom is -0.343 e. The van der Waals surface area contributed by atoms with Crippen molar-refractivity contribution in [2.75, 3.05) is 7.05 Å². The topological polar surface area (TPSA) is 37.4 Å². The predicted octanol–water partition coefficient (Wildman–Crippen LogP) is 4.06. The molecule has 4 heteroatoms. The molecule has 0 unspecified atom stereocenters. The number of ketones is 1. The Hall–Kier alpha value is -1.16. The van der Waals surface area contributed by atoms with Gasteiger partial charge in [0, 0.05) is 30.8 Å². The number of hydrogen-bond acceptors (Lipinski definition) is 3. The molecular formula is C17H25NO2S. The van der Waals surface area contributed by atoms with Gasteiger partial charge in [-0.25, -0.2) is 0 Å². The Kier molecular flexibility index (Phi) is 5.57. The van der Waals surface area contributed by atoms with Gasteiger partial charge in [0.1, 0.15) is 0 Å². The number of Topliss-reactive ketones (excluding diaryl/α,β-unsaturated/α-hetero) is 1. The number of hydrogen-bond donors (Lipinski definition) is 0. The van der Waals surface area contributed by atoms with E-state index in [1.54, 1.807) is 0 Å². The van der Waals surface area contributed by atoms with Gasteiger partial charge in [0.05, 0.1) is 4.88 Å². The highest BCUT2D eigenvalue weighted by Crippen LogP contribution is 2.27. The zero-order chi connectivity index (χ0) is 15.4. The van der Waals surface area contributed by atoms with Crippen LogP contribution in [0.4, 0.5) is 0 Å². The summed E-state index contributed by atoms with van der Waals surface area (Å²) in [6, 6.07) is 4.18. The normalized spacial score (nSPS) is 22.0. The third-order valence-electron chi connectivity index (χ3n) is 4.51. The molecule has 0 N–H and O–H groups in total. The van der Waals surface area contributed by atoms with Crippen molar-refractivity contribution in [3.05, 3.63) is 21.9 Å². The third kappa shape index (κ3) is 4.40. The smallest absolute Gasteiger partial charge is 0.223 e. The van der Waals surface area contributed by atoms with E-state index in [4.69, 9.17) is 0 Å². The summed E-state index contributed by atoms with van der Waals surface area (Å²) in [5.41, 5.74) is 0. The molecular weight excluding hydrogens is 282 g/mol. The third-order valence-corrected chi connectivity index (χ3v) is 5.55. The molecule has 2 rings (SSSR count). The number of aryl methyl sites for hydroxylation is 1. The number of carbonyl (C=O) groups excluding carboxylic acids is 2. The minimum absolute atomic E-state index is 0.0899. The summed E-state index contributed by atoms with van der Waals surface area (Å²) in [7, 11) is 1.89. The number of thiophene rings is 1. The van der Waals surface area contributed by atoms with E-state index < -0.39 is 0 Å². The van der Waals surface area contributed by atoms with Crippen LogP contribution in [0.3, 0.4) is 0 Å². The standard InChI is InChI=1S/C17H25NO2S/c1-12-4-7-14(8-5-12)18(3)17(20)11-9-15(19)16-10-6-13(2)21-16/h6,10,12,14H,4-5,7-9,11H2,1-3H3. The molecule has 1 aromatic rings.